The molecule has 0 aliphatic carbocycles. The van der Waals surface area contributed by atoms with Crippen molar-refractivity contribution in [3.63, 3.8) is 0 Å². The average molecular weight is 188 g/mol. The SMILES string of the molecule is CCCC(C)COCC(=O)OCC. The van der Waals surface area contributed by atoms with Crippen LogP contribution in [0.3, 0.4) is 0 Å². The molecule has 0 aromatic rings. The van der Waals surface area contributed by atoms with Crippen LogP contribution in [0.5, 0.6) is 0 Å². The second kappa shape index (κ2) is 8.05. The van der Waals surface area contributed by atoms with Crippen LogP contribution >= 0.6 is 0 Å². The van der Waals surface area contributed by atoms with Gasteiger partial charge in [0.05, 0.1) is 6.61 Å². The van der Waals surface area contributed by atoms with Crippen LogP contribution in [0.15, 0.2) is 0 Å². The largest absolute Gasteiger partial charge is 0.464 e. The highest BCUT2D eigenvalue weighted by Gasteiger charge is 2.04. The monoisotopic (exact) mass is 188 g/mol. The van der Waals surface area contributed by atoms with Gasteiger partial charge in [-0.15, -0.1) is 0 Å². The van der Waals surface area contributed by atoms with Crippen LogP contribution in [-0.2, 0) is 14.3 Å². The van der Waals surface area contributed by atoms with Crippen molar-refractivity contribution in [1.29, 1.82) is 0 Å². The molecule has 1 atom stereocenters. The molecule has 0 saturated heterocycles. The first-order chi connectivity index (χ1) is 6.20. The Morgan fingerprint density at radius 3 is 2.62 bits per heavy atom. The molecule has 0 aliphatic rings. The molecule has 0 fully saturated rings. The standard InChI is InChI=1S/C10H20O3/c1-4-6-9(3)7-12-8-10(11)13-5-2/h9H,4-8H2,1-3H3. The molecule has 0 amide bonds. The molecule has 0 aromatic heterocycles. The van der Waals surface area contributed by atoms with Crippen molar-refractivity contribution in [3.8, 4) is 0 Å². The van der Waals surface area contributed by atoms with Gasteiger partial charge in [-0.3, -0.25) is 0 Å². The lowest BCUT2D eigenvalue weighted by Gasteiger charge is -2.09. The second-order valence-electron chi connectivity index (χ2n) is 3.21. The van der Waals surface area contributed by atoms with Gasteiger partial charge in [-0.25, -0.2) is 4.79 Å². The van der Waals surface area contributed by atoms with E-state index in [1.807, 2.05) is 0 Å². The predicted octanol–water partition coefficient (Wildman–Crippen LogP) is 2.00. The highest BCUT2D eigenvalue weighted by atomic mass is 16.6. The fourth-order valence-electron chi connectivity index (χ4n) is 1.12. The molecule has 0 rings (SSSR count). The number of rotatable bonds is 7. The van der Waals surface area contributed by atoms with Gasteiger partial charge in [-0.2, -0.15) is 0 Å². The molecule has 0 saturated carbocycles. The summed E-state index contributed by atoms with van der Waals surface area (Å²) in [4.78, 5) is 10.8. The summed E-state index contributed by atoms with van der Waals surface area (Å²) in [7, 11) is 0. The Morgan fingerprint density at radius 1 is 1.38 bits per heavy atom. The van der Waals surface area contributed by atoms with Gasteiger partial charge in [0.1, 0.15) is 6.61 Å². The molecule has 0 aromatic carbocycles. The molecule has 0 N–H and O–H groups in total. The van der Waals surface area contributed by atoms with Crippen LogP contribution in [0.4, 0.5) is 0 Å². The Balaban J connectivity index is 3.28. The van der Waals surface area contributed by atoms with E-state index < -0.39 is 0 Å². The maximum absolute atomic E-state index is 10.8. The lowest BCUT2D eigenvalue weighted by molar-refractivity contribution is -0.148. The first kappa shape index (κ1) is 12.4. The van der Waals surface area contributed by atoms with Gasteiger partial charge in [0.2, 0.25) is 0 Å². The minimum Gasteiger partial charge on any atom is -0.464 e. The highest BCUT2D eigenvalue weighted by molar-refractivity contribution is 5.70. The summed E-state index contributed by atoms with van der Waals surface area (Å²) in [6.45, 7) is 7.20. The summed E-state index contributed by atoms with van der Waals surface area (Å²) >= 11 is 0. The van der Waals surface area contributed by atoms with Crippen molar-refractivity contribution >= 4 is 5.97 Å². The zero-order valence-corrected chi connectivity index (χ0v) is 8.84. The summed E-state index contributed by atoms with van der Waals surface area (Å²) < 4.78 is 9.91. The van der Waals surface area contributed by atoms with Crippen LogP contribution in [0.1, 0.15) is 33.6 Å². The maximum atomic E-state index is 10.8. The fraction of sp³-hybridized carbons (Fsp3) is 0.900. The topological polar surface area (TPSA) is 35.5 Å². The summed E-state index contributed by atoms with van der Waals surface area (Å²) in [6.07, 6.45) is 2.30. The van der Waals surface area contributed by atoms with Gasteiger partial charge in [-0.05, 0) is 19.3 Å². The third-order valence-electron chi connectivity index (χ3n) is 1.71. The maximum Gasteiger partial charge on any atom is 0.332 e. The third kappa shape index (κ3) is 7.78. The number of carbonyl (C=O) groups is 1. The molecule has 0 spiro atoms. The van der Waals surface area contributed by atoms with Gasteiger partial charge in [-0.1, -0.05) is 20.3 Å². The van der Waals surface area contributed by atoms with E-state index in [2.05, 4.69) is 13.8 Å². The molecule has 1 unspecified atom stereocenters. The smallest absolute Gasteiger partial charge is 0.332 e. The van der Waals surface area contributed by atoms with Gasteiger partial charge in [0, 0.05) is 6.61 Å². The van der Waals surface area contributed by atoms with E-state index in [0.29, 0.717) is 19.1 Å². The molecule has 0 bridgehead atoms. The van der Waals surface area contributed by atoms with Crippen LogP contribution < -0.4 is 0 Å². The average Bonchev–Trinajstić information content (AvgIpc) is 2.05. The first-order valence-electron chi connectivity index (χ1n) is 4.94. The number of hydrogen-bond acceptors (Lipinski definition) is 3. The Morgan fingerprint density at radius 2 is 2.08 bits per heavy atom. The van der Waals surface area contributed by atoms with Gasteiger partial charge in [0.25, 0.3) is 0 Å². The van der Waals surface area contributed by atoms with Crippen molar-refractivity contribution in [2.45, 2.75) is 33.6 Å². The van der Waals surface area contributed by atoms with Crippen molar-refractivity contribution < 1.29 is 14.3 Å². The van der Waals surface area contributed by atoms with E-state index in [1.54, 1.807) is 6.92 Å². The van der Waals surface area contributed by atoms with E-state index in [9.17, 15) is 4.79 Å². The minimum atomic E-state index is -0.272. The van der Waals surface area contributed by atoms with E-state index >= 15 is 0 Å². The van der Waals surface area contributed by atoms with Gasteiger partial charge >= 0.3 is 5.97 Å². The predicted molar refractivity (Wildman–Crippen MR) is 51.5 cm³/mol. The number of carbonyl (C=O) groups excluding carboxylic acids is 1. The number of hydrogen-bond donors (Lipinski definition) is 0. The molecule has 78 valence electrons. The summed E-state index contributed by atoms with van der Waals surface area (Å²) in [5.74, 6) is 0.255. The fourth-order valence-corrected chi connectivity index (χ4v) is 1.12. The molecule has 0 heterocycles. The zero-order valence-electron chi connectivity index (χ0n) is 8.84. The summed E-state index contributed by atoms with van der Waals surface area (Å²) in [6, 6.07) is 0. The highest BCUT2D eigenvalue weighted by Crippen LogP contribution is 2.04. The zero-order chi connectivity index (χ0) is 10.1. The number of ether oxygens (including phenoxy) is 2. The van der Waals surface area contributed by atoms with Crippen molar-refractivity contribution in [1.82, 2.24) is 0 Å². The van der Waals surface area contributed by atoms with E-state index in [-0.39, 0.29) is 12.6 Å². The lowest BCUT2D eigenvalue weighted by atomic mass is 10.1. The van der Waals surface area contributed by atoms with Crippen molar-refractivity contribution in [2.24, 2.45) is 5.92 Å². The molecule has 0 radical (unpaired) electrons. The second-order valence-corrected chi connectivity index (χ2v) is 3.21. The van der Waals surface area contributed by atoms with E-state index in [0.717, 1.165) is 12.8 Å². The Kier molecular flexibility index (Phi) is 7.69. The molecular formula is C10H20O3. The normalized spacial score (nSPS) is 12.5. The number of esters is 1. The molecule has 0 aliphatic heterocycles. The minimum absolute atomic E-state index is 0.0852. The van der Waals surface area contributed by atoms with Gasteiger partial charge < -0.3 is 9.47 Å². The van der Waals surface area contributed by atoms with E-state index in [4.69, 9.17) is 9.47 Å². The Hall–Kier alpha value is -0.570. The van der Waals surface area contributed by atoms with Crippen molar-refractivity contribution in [3.05, 3.63) is 0 Å². The van der Waals surface area contributed by atoms with E-state index in [1.165, 1.54) is 0 Å². The summed E-state index contributed by atoms with van der Waals surface area (Å²) in [5.41, 5.74) is 0. The van der Waals surface area contributed by atoms with Crippen LogP contribution in [-0.4, -0.2) is 25.8 Å². The lowest BCUT2D eigenvalue weighted by Crippen LogP contribution is -2.15. The van der Waals surface area contributed by atoms with Crippen LogP contribution in [0.2, 0.25) is 0 Å². The van der Waals surface area contributed by atoms with Crippen molar-refractivity contribution in [2.75, 3.05) is 19.8 Å². The third-order valence-corrected chi connectivity index (χ3v) is 1.71. The van der Waals surface area contributed by atoms with Crippen LogP contribution in [0.25, 0.3) is 0 Å². The molecule has 3 nitrogen and oxygen atoms in total. The molecular weight excluding hydrogens is 168 g/mol. The molecule has 3 heteroatoms. The Labute approximate surface area is 80.4 Å². The first-order valence-corrected chi connectivity index (χ1v) is 4.94. The Bertz CT molecular complexity index is 134. The summed E-state index contributed by atoms with van der Waals surface area (Å²) in [5, 5.41) is 0. The van der Waals surface area contributed by atoms with Crippen LogP contribution in [0, 0.1) is 5.92 Å². The molecule has 13 heavy (non-hydrogen) atoms. The van der Waals surface area contributed by atoms with Gasteiger partial charge in [0.15, 0.2) is 0 Å². The quantitative estimate of drug-likeness (QED) is 0.573.